The lowest BCUT2D eigenvalue weighted by Gasteiger charge is -2.18. The molecule has 0 unspecified atom stereocenters. The number of fused-ring (bicyclic) bond motifs is 3. The van der Waals surface area contributed by atoms with Crippen molar-refractivity contribution in [2.24, 2.45) is 0 Å². The minimum atomic E-state index is -0.777. The Bertz CT molecular complexity index is 1760. The number of hydrogen-bond acceptors (Lipinski definition) is 8. The molecule has 0 atom stereocenters. The maximum absolute atomic E-state index is 13.1. The van der Waals surface area contributed by atoms with E-state index in [4.69, 9.17) is 9.72 Å². The summed E-state index contributed by atoms with van der Waals surface area (Å²) in [5.41, 5.74) is 1.59. The summed E-state index contributed by atoms with van der Waals surface area (Å²) >= 11 is 0. The van der Waals surface area contributed by atoms with Crippen molar-refractivity contribution in [3.05, 3.63) is 81.4 Å². The van der Waals surface area contributed by atoms with Gasteiger partial charge < -0.3 is 4.74 Å². The lowest BCUT2D eigenvalue weighted by molar-refractivity contribution is 0.380. The first-order chi connectivity index (χ1) is 16.8. The van der Waals surface area contributed by atoms with Crippen molar-refractivity contribution in [3.63, 3.8) is 0 Å². The van der Waals surface area contributed by atoms with Crippen molar-refractivity contribution in [1.82, 2.24) is 29.5 Å². The Hall–Kier alpha value is -4.91. The molecule has 5 aromatic rings. The van der Waals surface area contributed by atoms with Crippen LogP contribution in [0, 0.1) is 11.3 Å². The third-order valence-electron chi connectivity index (χ3n) is 5.79. The summed E-state index contributed by atoms with van der Waals surface area (Å²) in [5.74, 6) is 0. The van der Waals surface area contributed by atoms with Gasteiger partial charge in [-0.1, -0.05) is 12.1 Å². The van der Waals surface area contributed by atoms with Crippen molar-refractivity contribution >= 4 is 21.9 Å². The van der Waals surface area contributed by atoms with Gasteiger partial charge in [0.2, 0.25) is 0 Å². The van der Waals surface area contributed by atoms with Gasteiger partial charge in [0.1, 0.15) is 5.52 Å². The molecule has 1 aromatic carbocycles. The molecule has 0 saturated carbocycles. The van der Waals surface area contributed by atoms with E-state index in [0.717, 1.165) is 5.56 Å². The predicted molar refractivity (Wildman–Crippen MR) is 129 cm³/mol. The van der Waals surface area contributed by atoms with E-state index in [1.165, 1.54) is 17.9 Å². The fourth-order valence-corrected chi connectivity index (χ4v) is 3.83. The zero-order valence-electron chi connectivity index (χ0n) is 19.1. The Kier molecular flexibility index (Phi) is 5.10. The van der Waals surface area contributed by atoms with E-state index < -0.39 is 16.7 Å². The Balaban J connectivity index is 1.84. The van der Waals surface area contributed by atoms with Crippen LogP contribution in [0.1, 0.15) is 19.4 Å². The molecule has 0 saturated heterocycles. The molecule has 1 N–H and O–H groups in total. The SMILES string of the molecule is COc1ncc(-c2ccc3ncc4c(=O)[nH]c(=O)n(-c5cccc(C(C)(C)C#N)c5)c4c3n2)cn1. The van der Waals surface area contributed by atoms with Gasteiger partial charge in [-0.25, -0.2) is 19.7 Å². The summed E-state index contributed by atoms with van der Waals surface area (Å²) in [7, 11) is 1.48. The number of benzene rings is 1. The van der Waals surface area contributed by atoms with Gasteiger partial charge in [-0.3, -0.25) is 19.3 Å². The minimum absolute atomic E-state index is 0.206. The average molecular weight is 465 g/mol. The summed E-state index contributed by atoms with van der Waals surface area (Å²) in [6.07, 6.45) is 4.57. The predicted octanol–water partition coefficient (Wildman–Crippen LogP) is 2.89. The molecule has 5 rings (SSSR count). The lowest BCUT2D eigenvalue weighted by atomic mass is 9.86. The van der Waals surface area contributed by atoms with Crippen molar-refractivity contribution in [3.8, 4) is 29.0 Å². The van der Waals surface area contributed by atoms with Crippen LogP contribution in [0.25, 0.3) is 38.9 Å². The van der Waals surface area contributed by atoms with Crippen LogP contribution in [0.4, 0.5) is 0 Å². The zero-order valence-corrected chi connectivity index (χ0v) is 19.1. The minimum Gasteiger partial charge on any atom is -0.467 e. The van der Waals surface area contributed by atoms with Crippen molar-refractivity contribution < 1.29 is 4.74 Å². The van der Waals surface area contributed by atoms with E-state index in [0.29, 0.717) is 33.5 Å². The van der Waals surface area contributed by atoms with E-state index in [9.17, 15) is 14.9 Å². The van der Waals surface area contributed by atoms with Crippen LogP contribution in [-0.2, 0) is 5.41 Å². The molecule has 0 amide bonds. The number of rotatable bonds is 4. The fraction of sp³-hybridized carbons (Fsp3) is 0.160. The molecule has 0 aliphatic rings. The van der Waals surface area contributed by atoms with E-state index in [2.05, 4.69) is 26.0 Å². The fourth-order valence-electron chi connectivity index (χ4n) is 3.83. The molecule has 0 radical (unpaired) electrons. The topological polar surface area (TPSA) is 139 Å². The maximum atomic E-state index is 13.1. The monoisotopic (exact) mass is 465 g/mol. The zero-order chi connectivity index (χ0) is 24.7. The quantitative estimate of drug-likeness (QED) is 0.400. The summed E-state index contributed by atoms with van der Waals surface area (Å²) in [5, 5.41) is 9.79. The number of aromatic amines is 1. The first-order valence-corrected chi connectivity index (χ1v) is 10.7. The summed E-state index contributed by atoms with van der Waals surface area (Å²) in [4.78, 5) is 45.5. The summed E-state index contributed by atoms with van der Waals surface area (Å²) < 4.78 is 6.40. The molecule has 0 spiro atoms. The molecule has 0 aliphatic heterocycles. The maximum Gasteiger partial charge on any atom is 0.333 e. The van der Waals surface area contributed by atoms with Crippen LogP contribution in [0.5, 0.6) is 6.01 Å². The Labute approximate surface area is 198 Å². The van der Waals surface area contributed by atoms with Gasteiger partial charge in [0, 0.05) is 24.2 Å². The van der Waals surface area contributed by atoms with Gasteiger partial charge >= 0.3 is 11.7 Å². The first-order valence-electron chi connectivity index (χ1n) is 10.7. The highest BCUT2D eigenvalue weighted by atomic mass is 16.5. The number of ether oxygens (including phenoxy) is 1. The highest BCUT2D eigenvalue weighted by molar-refractivity contribution is 6.01. The van der Waals surface area contributed by atoms with Gasteiger partial charge in [0.05, 0.1) is 46.4 Å². The third kappa shape index (κ3) is 3.69. The number of pyridine rings is 2. The smallest absolute Gasteiger partial charge is 0.333 e. The van der Waals surface area contributed by atoms with Crippen molar-refractivity contribution in [1.29, 1.82) is 5.26 Å². The molecule has 10 nitrogen and oxygen atoms in total. The molecule has 35 heavy (non-hydrogen) atoms. The van der Waals surface area contributed by atoms with Gasteiger partial charge in [-0.15, -0.1) is 0 Å². The molecule has 172 valence electrons. The normalized spacial score (nSPS) is 11.5. The number of hydrogen-bond donors (Lipinski definition) is 1. The van der Waals surface area contributed by atoms with E-state index in [1.54, 1.807) is 56.6 Å². The lowest BCUT2D eigenvalue weighted by Crippen LogP contribution is -2.30. The second-order valence-electron chi connectivity index (χ2n) is 8.42. The largest absolute Gasteiger partial charge is 0.467 e. The molecule has 4 heterocycles. The highest BCUT2D eigenvalue weighted by Crippen LogP contribution is 2.28. The van der Waals surface area contributed by atoms with Crippen LogP contribution in [0.15, 0.2) is 64.6 Å². The number of nitrogens with one attached hydrogen (secondary N) is 1. The van der Waals surface area contributed by atoms with Gasteiger partial charge in [-0.2, -0.15) is 5.26 Å². The standard InChI is InChI=1S/C25H19N7O3/c1-25(2,13-26)15-5-4-6-16(9-15)32-21-17(22(33)31-24(32)34)12-27-19-8-7-18(30-20(19)21)14-10-28-23(35-3)29-11-14/h4-12H,1-3H3,(H,31,33,34). The Morgan fingerprint density at radius 3 is 2.54 bits per heavy atom. The van der Waals surface area contributed by atoms with Crippen LogP contribution in [0.3, 0.4) is 0 Å². The van der Waals surface area contributed by atoms with Crippen LogP contribution < -0.4 is 16.0 Å². The van der Waals surface area contributed by atoms with Crippen molar-refractivity contribution in [2.75, 3.05) is 7.11 Å². The number of nitriles is 1. The van der Waals surface area contributed by atoms with Gasteiger partial charge in [0.25, 0.3) is 5.56 Å². The van der Waals surface area contributed by atoms with E-state index in [1.807, 2.05) is 6.07 Å². The van der Waals surface area contributed by atoms with Crippen LogP contribution in [-0.4, -0.2) is 36.6 Å². The number of methoxy groups -OCH3 is 1. The van der Waals surface area contributed by atoms with Crippen LogP contribution >= 0.6 is 0 Å². The Morgan fingerprint density at radius 1 is 1.06 bits per heavy atom. The van der Waals surface area contributed by atoms with Gasteiger partial charge in [0.15, 0.2) is 0 Å². The second kappa shape index (κ2) is 8.14. The van der Waals surface area contributed by atoms with E-state index >= 15 is 0 Å². The number of nitrogens with zero attached hydrogens (tertiary/aromatic N) is 6. The Morgan fingerprint density at radius 2 is 1.83 bits per heavy atom. The molecular formula is C25H19N7O3. The molecule has 4 aromatic heterocycles. The second-order valence-corrected chi connectivity index (χ2v) is 8.42. The third-order valence-corrected chi connectivity index (χ3v) is 5.79. The summed E-state index contributed by atoms with van der Waals surface area (Å²) in [6, 6.07) is 13.1. The van der Waals surface area contributed by atoms with Crippen LogP contribution in [0.2, 0.25) is 0 Å². The molecule has 10 heteroatoms. The number of aromatic nitrogens is 6. The summed E-state index contributed by atoms with van der Waals surface area (Å²) in [6.45, 7) is 3.59. The average Bonchev–Trinajstić information content (AvgIpc) is 2.88. The molecule has 0 fully saturated rings. The molecule has 0 aliphatic carbocycles. The first kappa shape index (κ1) is 21.9. The number of H-pyrrole nitrogens is 1. The molecular weight excluding hydrogens is 446 g/mol. The van der Waals surface area contributed by atoms with E-state index in [-0.39, 0.29) is 11.4 Å². The highest BCUT2D eigenvalue weighted by Gasteiger charge is 2.21. The van der Waals surface area contributed by atoms with Crippen molar-refractivity contribution in [2.45, 2.75) is 19.3 Å². The van der Waals surface area contributed by atoms with Gasteiger partial charge in [-0.05, 0) is 43.7 Å². The molecule has 0 bridgehead atoms.